The highest BCUT2D eigenvalue weighted by molar-refractivity contribution is 7.99. The summed E-state index contributed by atoms with van der Waals surface area (Å²) < 4.78 is 0. The number of fused-ring (bicyclic) bond motifs is 2. The van der Waals surface area contributed by atoms with Crippen molar-refractivity contribution >= 4 is 11.8 Å². The lowest BCUT2D eigenvalue weighted by atomic mass is 9.84. The third-order valence-electron chi connectivity index (χ3n) is 4.43. The predicted octanol–water partition coefficient (Wildman–Crippen LogP) is 2.66. The summed E-state index contributed by atoms with van der Waals surface area (Å²) in [4.78, 5) is 0. The molecule has 1 heterocycles. The fourth-order valence-electron chi connectivity index (χ4n) is 3.67. The van der Waals surface area contributed by atoms with Gasteiger partial charge in [0.05, 0.1) is 0 Å². The average molecular weight is 211 g/mol. The van der Waals surface area contributed by atoms with E-state index in [-0.39, 0.29) is 0 Å². The lowest BCUT2D eigenvalue weighted by molar-refractivity contribution is 0.240. The van der Waals surface area contributed by atoms with E-state index >= 15 is 0 Å². The molecule has 0 radical (unpaired) electrons. The van der Waals surface area contributed by atoms with E-state index in [0.717, 1.165) is 23.9 Å². The van der Waals surface area contributed by atoms with Crippen molar-refractivity contribution < 1.29 is 0 Å². The predicted molar refractivity (Wildman–Crippen MR) is 62.7 cm³/mol. The number of thioether (sulfide) groups is 1. The minimum absolute atomic E-state index is 0.853. The van der Waals surface area contributed by atoms with Crippen LogP contribution in [0.1, 0.15) is 38.5 Å². The molecule has 1 nitrogen and oxygen atoms in total. The average Bonchev–Trinajstić information content (AvgIpc) is 2.75. The molecule has 2 saturated carbocycles. The minimum atomic E-state index is 0.853. The molecule has 0 amide bonds. The first kappa shape index (κ1) is 9.53. The van der Waals surface area contributed by atoms with Gasteiger partial charge in [0.25, 0.3) is 0 Å². The van der Waals surface area contributed by atoms with Gasteiger partial charge in [-0.25, -0.2) is 0 Å². The van der Waals surface area contributed by atoms with Crippen molar-refractivity contribution in [3.05, 3.63) is 0 Å². The smallest absolute Gasteiger partial charge is 0.0168 e. The number of rotatable bonds is 2. The second-order valence-electron chi connectivity index (χ2n) is 5.28. The van der Waals surface area contributed by atoms with Gasteiger partial charge in [0.15, 0.2) is 0 Å². The topological polar surface area (TPSA) is 12.0 Å². The van der Waals surface area contributed by atoms with Crippen LogP contribution < -0.4 is 5.32 Å². The summed E-state index contributed by atoms with van der Waals surface area (Å²) in [6, 6.07) is 1.76. The van der Waals surface area contributed by atoms with E-state index in [9.17, 15) is 0 Å². The molecule has 3 atom stereocenters. The maximum atomic E-state index is 3.96. The minimum Gasteiger partial charge on any atom is -0.310 e. The van der Waals surface area contributed by atoms with E-state index in [1.807, 2.05) is 0 Å². The van der Waals surface area contributed by atoms with E-state index in [1.54, 1.807) is 0 Å². The molecule has 3 unspecified atom stereocenters. The number of nitrogens with one attached hydrogen (secondary N) is 1. The monoisotopic (exact) mass is 211 g/mol. The molecular formula is C12H21NS. The van der Waals surface area contributed by atoms with Crippen molar-refractivity contribution in [1.29, 1.82) is 0 Å². The van der Waals surface area contributed by atoms with Crippen molar-refractivity contribution in [3.8, 4) is 0 Å². The first-order chi connectivity index (χ1) is 6.93. The van der Waals surface area contributed by atoms with E-state index in [4.69, 9.17) is 0 Å². The van der Waals surface area contributed by atoms with Crippen LogP contribution in [-0.4, -0.2) is 23.6 Å². The van der Waals surface area contributed by atoms with Gasteiger partial charge < -0.3 is 5.32 Å². The van der Waals surface area contributed by atoms with Crippen molar-refractivity contribution in [2.75, 3.05) is 11.5 Å². The van der Waals surface area contributed by atoms with Crippen molar-refractivity contribution in [1.82, 2.24) is 5.32 Å². The molecule has 14 heavy (non-hydrogen) atoms. The summed E-state index contributed by atoms with van der Waals surface area (Å²) >= 11 is 2.13. The van der Waals surface area contributed by atoms with Gasteiger partial charge in [0, 0.05) is 17.8 Å². The third-order valence-corrected chi connectivity index (χ3v) is 5.59. The standard InChI is InChI=1S/C12H21NS/c1-2-9-4-5-10(3-1)12(9)13-11-6-7-14-8-11/h9-13H,1-8H2. The van der Waals surface area contributed by atoms with Crippen molar-refractivity contribution in [2.45, 2.75) is 50.6 Å². The first-order valence-electron chi connectivity index (χ1n) is 6.27. The van der Waals surface area contributed by atoms with Crippen LogP contribution in [0.3, 0.4) is 0 Å². The summed E-state index contributed by atoms with van der Waals surface area (Å²) in [5, 5.41) is 3.96. The van der Waals surface area contributed by atoms with Crippen molar-refractivity contribution in [2.24, 2.45) is 11.8 Å². The zero-order chi connectivity index (χ0) is 9.38. The molecule has 2 heteroatoms. The Morgan fingerprint density at radius 3 is 2.36 bits per heavy atom. The molecule has 0 aromatic rings. The first-order valence-corrected chi connectivity index (χ1v) is 7.43. The molecule has 1 N–H and O–H groups in total. The van der Waals surface area contributed by atoms with Gasteiger partial charge in [0.1, 0.15) is 0 Å². The van der Waals surface area contributed by atoms with Crippen LogP contribution >= 0.6 is 11.8 Å². The SMILES string of the molecule is C1CC2CCC(C1)C2NC1CCSC1. The molecule has 1 saturated heterocycles. The Bertz CT molecular complexity index is 184. The second-order valence-corrected chi connectivity index (χ2v) is 6.43. The lowest BCUT2D eigenvalue weighted by Crippen LogP contribution is -2.45. The highest BCUT2D eigenvalue weighted by Gasteiger charge is 2.39. The molecule has 2 bridgehead atoms. The fourth-order valence-corrected chi connectivity index (χ4v) is 4.84. The van der Waals surface area contributed by atoms with E-state index in [2.05, 4.69) is 17.1 Å². The largest absolute Gasteiger partial charge is 0.310 e. The normalized spacial score (nSPS) is 47.1. The van der Waals surface area contributed by atoms with Crippen LogP contribution in [0.5, 0.6) is 0 Å². The van der Waals surface area contributed by atoms with Gasteiger partial charge in [-0.15, -0.1) is 0 Å². The molecule has 0 spiro atoms. The Kier molecular flexibility index (Phi) is 2.76. The number of hydrogen-bond donors (Lipinski definition) is 1. The summed E-state index contributed by atoms with van der Waals surface area (Å²) in [5.74, 6) is 4.84. The summed E-state index contributed by atoms with van der Waals surface area (Å²) in [7, 11) is 0. The summed E-state index contributed by atoms with van der Waals surface area (Å²) in [6.45, 7) is 0. The highest BCUT2D eigenvalue weighted by atomic mass is 32.2. The van der Waals surface area contributed by atoms with E-state index < -0.39 is 0 Å². The molecule has 2 aliphatic carbocycles. The Labute approximate surface area is 91.4 Å². The van der Waals surface area contributed by atoms with E-state index in [0.29, 0.717) is 0 Å². The highest BCUT2D eigenvalue weighted by Crippen LogP contribution is 2.42. The molecule has 1 aliphatic heterocycles. The van der Waals surface area contributed by atoms with Gasteiger partial charge in [-0.05, 0) is 49.7 Å². The lowest BCUT2D eigenvalue weighted by Gasteiger charge is -2.33. The molecule has 3 aliphatic rings. The van der Waals surface area contributed by atoms with E-state index in [1.165, 1.54) is 50.0 Å². The third kappa shape index (κ3) is 1.71. The van der Waals surface area contributed by atoms with Gasteiger partial charge in [-0.2, -0.15) is 11.8 Å². The van der Waals surface area contributed by atoms with Crippen LogP contribution in [-0.2, 0) is 0 Å². The fraction of sp³-hybridized carbons (Fsp3) is 1.00. The van der Waals surface area contributed by atoms with Gasteiger partial charge in [-0.3, -0.25) is 0 Å². The van der Waals surface area contributed by atoms with Crippen LogP contribution in [0.2, 0.25) is 0 Å². The summed E-state index contributed by atoms with van der Waals surface area (Å²) in [6.07, 6.45) is 8.97. The molecule has 3 rings (SSSR count). The zero-order valence-electron chi connectivity index (χ0n) is 8.87. The molecular weight excluding hydrogens is 190 g/mol. The molecule has 80 valence electrons. The van der Waals surface area contributed by atoms with Crippen molar-refractivity contribution in [3.63, 3.8) is 0 Å². The maximum Gasteiger partial charge on any atom is 0.0168 e. The van der Waals surface area contributed by atoms with Gasteiger partial charge in [0.2, 0.25) is 0 Å². The van der Waals surface area contributed by atoms with Crippen LogP contribution in [0.4, 0.5) is 0 Å². The quantitative estimate of drug-likeness (QED) is 0.753. The Morgan fingerprint density at radius 1 is 0.929 bits per heavy atom. The maximum absolute atomic E-state index is 3.96. The van der Waals surface area contributed by atoms with Gasteiger partial charge in [-0.1, -0.05) is 6.42 Å². The van der Waals surface area contributed by atoms with Crippen LogP contribution in [0.15, 0.2) is 0 Å². The Balaban J connectivity index is 1.61. The van der Waals surface area contributed by atoms with Crippen LogP contribution in [0.25, 0.3) is 0 Å². The number of hydrogen-bond acceptors (Lipinski definition) is 2. The Hall–Kier alpha value is 0.310. The molecule has 3 fully saturated rings. The summed E-state index contributed by atoms with van der Waals surface area (Å²) in [5.41, 5.74) is 0. The second kappa shape index (κ2) is 4.05. The van der Waals surface area contributed by atoms with Gasteiger partial charge >= 0.3 is 0 Å². The zero-order valence-corrected chi connectivity index (χ0v) is 9.69. The van der Waals surface area contributed by atoms with Crippen LogP contribution in [0, 0.1) is 11.8 Å². The Morgan fingerprint density at radius 2 is 1.71 bits per heavy atom. The molecule has 0 aromatic heterocycles. The molecule has 0 aromatic carbocycles.